The molecule has 1 fully saturated rings. The van der Waals surface area contributed by atoms with Crippen LogP contribution in [0.4, 0.5) is 10.5 Å². The number of aliphatic hydroxyl groups is 1. The van der Waals surface area contributed by atoms with Crippen molar-refractivity contribution < 1.29 is 9.90 Å². The van der Waals surface area contributed by atoms with E-state index in [1.807, 2.05) is 6.92 Å². The number of aromatic nitrogens is 1. The van der Waals surface area contributed by atoms with E-state index in [1.165, 1.54) is 0 Å². The van der Waals surface area contributed by atoms with Crippen LogP contribution in [0.1, 0.15) is 18.4 Å². The first-order chi connectivity index (χ1) is 8.22. The van der Waals surface area contributed by atoms with Gasteiger partial charge in [0.15, 0.2) is 0 Å². The minimum Gasteiger partial charge on any atom is -0.394 e. The Morgan fingerprint density at radius 1 is 1.71 bits per heavy atom. The average Bonchev–Trinajstić information content (AvgIpc) is 2.80. The third-order valence-electron chi connectivity index (χ3n) is 3.11. The van der Waals surface area contributed by atoms with Gasteiger partial charge < -0.3 is 15.3 Å². The number of carbonyl (C=O) groups is 1. The van der Waals surface area contributed by atoms with Crippen molar-refractivity contribution in [1.82, 2.24) is 9.88 Å². The van der Waals surface area contributed by atoms with Gasteiger partial charge in [0.2, 0.25) is 0 Å². The van der Waals surface area contributed by atoms with Crippen LogP contribution in [-0.4, -0.2) is 40.2 Å². The number of nitrogens with one attached hydrogen (secondary N) is 1. The number of hydrogen-bond acceptors (Lipinski definition) is 3. The highest BCUT2D eigenvalue weighted by Gasteiger charge is 2.28. The number of amides is 2. The molecule has 0 aromatic carbocycles. The van der Waals surface area contributed by atoms with Crippen LogP contribution in [0.5, 0.6) is 0 Å². The number of aryl methyl sites for hydroxylation is 1. The Morgan fingerprint density at radius 2 is 2.53 bits per heavy atom. The molecule has 1 atom stereocenters. The normalized spacial score (nSPS) is 19.4. The molecule has 1 aliphatic heterocycles. The molecule has 92 valence electrons. The van der Waals surface area contributed by atoms with Gasteiger partial charge in [0, 0.05) is 24.6 Å². The number of nitrogens with zero attached hydrogens (tertiary/aromatic N) is 2. The van der Waals surface area contributed by atoms with E-state index < -0.39 is 0 Å². The number of rotatable bonds is 2. The molecule has 0 spiro atoms. The summed E-state index contributed by atoms with van der Waals surface area (Å²) in [7, 11) is 0. The number of urea groups is 1. The van der Waals surface area contributed by atoms with Gasteiger partial charge >= 0.3 is 6.03 Å². The monoisotopic (exact) mass is 235 g/mol. The summed E-state index contributed by atoms with van der Waals surface area (Å²) in [6, 6.07) is 1.59. The third kappa shape index (κ3) is 2.55. The van der Waals surface area contributed by atoms with Gasteiger partial charge in [-0.1, -0.05) is 0 Å². The summed E-state index contributed by atoms with van der Waals surface area (Å²) in [6.45, 7) is 2.64. The molecule has 1 aliphatic rings. The van der Waals surface area contributed by atoms with Crippen LogP contribution < -0.4 is 5.32 Å². The Balaban J connectivity index is 2.04. The van der Waals surface area contributed by atoms with Gasteiger partial charge in [-0.2, -0.15) is 0 Å². The van der Waals surface area contributed by atoms with Gasteiger partial charge in [-0.15, -0.1) is 0 Å². The van der Waals surface area contributed by atoms with Crippen molar-refractivity contribution in [2.24, 2.45) is 0 Å². The largest absolute Gasteiger partial charge is 0.394 e. The van der Waals surface area contributed by atoms with Crippen molar-refractivity contribution in [2.45, 2.75) is 25.8 Å². The highest BCUT2D eigenvalue weighted by molar-refractivity contribution is 5.90. The zero-order chi connectivity index (χ0) is 12.3. The molecule has 1 saturated heterocycles. The molecule has 2 rings (SSSR count). The second-order valence-electron chi connectivity index (χ2n) is 4.29. The zero-order valence-corrected chi connectivity index (χ0v) is 9.89. The standard InChI is InChI=1S/C12H17N3O2/c1-9-7-13-5-4-11(9)14-12(17)15-6-2-3-10(15)8-16/h4-5,7,10,16H,2-3,6,8H2,1H3,(H,13,14,17). The lowest BCUT2D eigenvalue weighted by atomic mass is 10.2. The van der Waals surface area contributed by atoms with Gasteiger partial charge in [-0.25, -0.2) is 4.79 Å². The summed E-state index contributed by atoms with van der Waals surface area (Å²) in [5.74, 6) is 0. The SMILES string of the molecule is Cc1cnccc1NC(=O)N1CCCC1CO. The zero-order valence-electron chi connectivity index (χ0n) is 9.89. The Labute approximate surface area is 100 Å². The van der Waals surface area contributed by atoms with Crippen LogP contribution in [0, 0.1) is 6.92 Å². The van der Waals surface area contributed by atoms with Gasteiger partial charge in [-0.3, -0.25) is 4.98 Å². The Hall–Kier alpha value is -1.62. The predicted molar refractivity (Wildman–Crippen MR) is 64.8 cm³/mol. The fourth-order valence-corrected chi connectivity index (χ4v) is 2.09. The molecule has 0 aliphatic carbocycles. The molecular formula is C12H17N3O2. The molecule has 17 heavy (non-hydrogen) atoms. The first-order valence-corrected chi connectivity index (χ1v) is 5.81. The fraction of sp³-hybridized carbons (Fsp3) is 0.500. The summed E-state index contributed by atoms with van der Waals surface area (Å²) in [5.41, 5.74) is 1.70. The minimum absolute atomic E-state index is 0.0305. The van der Waals surface area contributed by atoms with E-state index >= 15 is 0 Å². The molecule has 2 amide bonds. The summed E-state index contributed by atoms with van der Waals surface area (Å²) in [6.07, 6.45) is 5.19. The van der Waals surface area contributed by atoms with Crippen LogP contribution in [0.3, 0.4) is 0 Å². The summed E-state index contributed by atoms with van der Waals surface area (Å²) in [5, 5.41) is 12.0. The van der Waals surface area contributed by atoms with E-state index in [0.29, 0.717) is 6.54 Å². The Kier molecular flexibility index (Phi) is 3.58. The lowest BCUT2D eigenvalue weighted by Gasteiger charge is -2.23. The van der Waals surface area contributed by atoms with Crippen LogP contribution in [0.15, 0.2) is 18.5 Å². The molecule has 1 unspecified atom stereocenters. The van der Waals surface area contributed by atoms with E-state index in [1.54, 1.807) is 23.4 Å². The Morgan fingerprint density at radius 3 is 3.24 bits per heavy atom. The van der Waals surface area contributed by atoms with Crippen molar-refractivity contribution in [3.63, 3.8) is 0 Å². The number of aliphatic hydroxyl groups excluding tert-OH is 1. The van der Waals surface area contributed by atoms with E-state index in [0.717, 1.165) is 24.1 Å². The predicted octanol–water partition coefficient (Wildman–Crippen LogP) is 1.38. The first-order valence-electron chi connectivity index (χ1n) is 5.81. The molecule has 1 aromatic rings. The van der Waals surface area contributed by atoms with Gasteiger partial charge in [0.1, 0.15) is 0 Å². The van der Waals surface area contributed by atoms with Gasteiger partial charge in [0.25, 0.3) is 0 Å². The van der Waals surface area contributed by atoms with Gasteiger partial charge in [-0.05, 0) is 31.4 Å². The van der Waals surface area contributed by atoms with Crippen molar-refractivity contribution in [2.75, 3.05) is 18.5 Å². The minimum atomic E-state index is -0.143. The van der Waals surface area contributed by atoms with Crippen LogP contribution in [-0.2, 0) is 0 Å². The molecule has 0 radical (unpaired) electrons. The van der Waals surface area contributed by atoms with Crippen molar-refractivity contribution in [3.8, 4) is 0 Å². The quantitative estimate of drug-likeness (QED) is 0.813. The highest BCUT2D eigenvalue weighted by Crippen LogP contribution is 2.19. The van der Waals surface area contributed by atoms with Crippen molar-refractivity contribution >= 4 is 11.7 Å². The summed E-state index contributed by atoms with van der Waals surface area (Å²) >= 11 is 0. The maximum atomic E-state index is 12.0. The maximum absolute atomic E-state index is 12.0. The second-order valence-corrected chi connectivity index (χ2v) is 4.29. The summed E-state index contributed by atoms with van der Waals surface area (Å²) in [4.78, 5) is 17.7. The van der Waals surface area contributed by atoms with E-state index in [-0.39, 0.29) is 18.7 Å². The first kappa shape index (κ1) is 11.9. The molecule has 5 heteroatoms. The number of hydrogen-bond donors (Lipinski definition) is 2. The molecule has 5 nitrogen and oxygen atoms in total. The maximum Gasteiger partial charge on any atom is 0.322 e. The number of anilines is 1. The second kappa shape index (κ2) is 5.14. The van der Waals surface area contributed by atoms with E-state index in [9.17, 15) is 9.90 Å². The van der Waals surface area contributed by atoms with E-state index in [2.05, 4.69) is 10.3 Å². The third-order valence-corrected chi connectivity index (χ3v) is 3.11. The number of likely N-dealkylation sites (tertiary alicyclic amines) is 1. The highest BCUT2D eigenvalue weighted by atomic mass is 16.3. The molecule has 0 bridgehead atoms. The van der Waals surface area contributed by atoms with Gasteiger partial charge in [0.05, 0.1) is 12.6 Å². The molecule has 1 aromatic heterocycles. The topological polar surface area (TPSA) is 65.5 Å². The van der Waals surface area contributed by atoms with Crippen LogP contribution >= 0.6 is 0 Å². The average molecular weight is 235 g/mol. The van der Waals surface area contributed by atoms with Crippen molar-refractivity contribution in [3.05, 3.63) is 24.0 Å². The fourth-order valence-electron chi connectivity index (χ4n) is 2.09. The van der Waals surface area contributed by atoms with Crippen LogP contribution in [0.25, 0.3) is 0 Å². The molecular weight excluding hydrogens is 218 g/mol. The Bertz CT molecular complexity index is 408. The number of carbonyl (C=O) groups excluding carboxylic acids is 1. The van der Waals surface area contributed by atoms with Crippen molar-refractivity contribution in [1.29, 1.82) is 0 Å². The lowest BCUT2D eigenvalue weighted by molar-refractivity contribution is 0.166. The lowest BCUT2D eigenvalue weighted by Crippen LogP contribution is -2.40. The van der Waals surface area contributed by atoms with E-state index in [4.69, 9.17) is 0 Å². The number of pyridine rings is 1. The molecule has 2 heterocycles. The molecule has 0 saturated carbocycles. The van der Waals surface area contributed by atoms with Crippen LogP contribution in [0.2, 0.25) is 0 Å². The summed E-state index contributed by atoms with van der Waals surface area (Å²) < 4.78 is 0. The molecule has 2 N–H and O–H groups in total. The smallest absolute Gasteiger partial charge is 0.322 e.